The number of hydrogen-bond acceptors (Lipinski definition) is 4. The van der Waals surface area contributed by atoms with Gasteiger partial charge in [0.15, 0.2) is 0 Å². The lowest BCUT2D eigenvalue weighted by Crippen LogP contribution is -2.40. The Balaban J connectivity index is 1.76. The fourth-order valence-corrected chi connectivity index (χ4v) is 5.11. The minimum atomic E-state index is -3.97. The van der Waals surface area contributed by atoms with Crippen molar-refractivity contribution >= 4 is 38.9 Å². The lowest BCUT2D eigenvalue weighted by atomic mass is 10.2. The van der Waals surface area contributed by atoms with Crippen LogP contribution < -0.4 is 14.5 Å². The first-order valence-corrected chi connectivity index (χ1v) is 13.0. The summed E-state index contributed by atoms with van der Waals surface area (Å²) in [6.07, 6.45) is 0. The molecular weight excluding hydrogens is 470 g/mol. The molecule has 0 unspecified atom stereocenters. The Hall–Kier alpha value is -3.03. The third-order valence-corrected chi connectivity index (χ3v) is 7.61. The lowest BCUT2D eigenvalue weighted by molar-refractivity contribution is -0.119. The van der Waals surface area contributed by atoms with Gasteiger partial charge in [-0.05, 0) is 74.9 Å². The van der Waals surface area contributed by atoms with Crippen LogP contribution in [0.5, 0.6) is 0 Å². The molecule has 0 spiro atoms. The van der Waals surface area contributed by atoms with Crippen LogP contribution in [0.1, 0.15) is 25.0 Å². The third kappa shape index (κ3) is 6.30. The quantitative estimate of drug-likeness (QED) is 0.426. The van der Waals surface area contributed by atoms with E-state index in [-0.39, 0.29) is 11.4 Å². The molecule has 3 aromatic rings. The number of sulfonamides is 1. The maximum Gasteiger partial charge on any atom is 0.264 e. The molecular formula is C26H30ClN3O3S. The molecule has 180 valence electrons. The van der Waals surface area contributed by atoms with Crippen molar-refractivity contribution < 1.29 is 13.2 Å². The van der Waals surface area contributed by atoms with Crippen molar-refractivity contribution in [2.75, 3.05) is 28.8 Å². The molecule has 0 heterocycles. The minimum Gasteiger partial charge on any atom is -0.372 e. The second-order valence-electron chi connectivity index (χ2n) is 7.92. The van der Waals surface area contributed by atoms with Crippen LogP contribution >= 0.6 is 11.6 Å². The normalized spacial score (nSPS) is 11.2. The number of halogens is 1. The molecule has 0 aliphatic rings. The second-order valence-corrected chi connectivity index (χ2v) is 10.2. The average molecular weight is 500 g/mol. The molecule has 1 N–H and O–H groups in total. The third-order valence-electron chi connectivity index (χ3n) is 5.57. The number of anilines is 2. The molecule has 3 rings (SSSR count). The summed E-state index contributed by atoms with van der Waals surface area (Å²) in [4.78, 5) is 15.1. The number of amides is 1. The fourth-order valence-electron chi connectivity index (χ4n) is 3.56. The van der Waals surface area contributed by atoms with Crippen LogP contribution in [0.4, 0.5) is 11.4 Å². The molecule has 0 aliphatic heterocycles. The lowest BCUT2D eigenvalue weighted by Gasteiger charge is -2.24. The van der Waals surface area contributed by atoms with E-state index in [1.165, 1.54) is 24.3 Å². The molecule has 0 aromatic heterocycles. The molecule has 1 amide bonds. The summed E-state index contributed by atoms with van der Waals surface area (Å²) >= 11 is 5.93. The largest absolute Gasteiger partial charge is 0.372 e. The molecule has 3 aromatic carbocycles. The van der Waals surface area contributed by atoms with Gasteiger partial charge in [-0.15, -0.1) is 0 Å². The summed E-state index contributed by atoms with van der Waals surface area (Å²) in [6.45, 7) is 7.93. The van der Waals surface area contributed by atoms with Gasteiger partial charge in [0.2, 0.25) is 5.91 Å². The Morgan fingerprint density at radius 2 is 1.41 bits per heavy atom. The molecule has 0 aliphatic carbocycles. The average Bonchev–Trinajstić information content (AvgIpc) is 2.83. The molecule has 0 atom stereocenters. The highest BCUT2D eigenvalue weighted by atomic mass is 35.5. The molecule has 6 nitrogen and oxygen atoms in total. The molecule has 0 bridgehead atoms. The monoisotopic (exact) mass is 499 g/mol. The number of nitrogens with zero attached hydrogens (tertiary/aromatic N) is 2. The fraction of sp³-hybridized carbons (Fsp3) is 0.269. The van der Waals surface area contributed by atoms with Gasteiger partial charge in [0.25, 0.3) is 10.0 Å². The summed E-state index contributed by atoms with van der Waals surface area (Å²) in [5.74, 6) is -0.397. The van der Waals surface area contributed by atoms with E-state index in [4.69, 9.17) is 11.6 Å². The summed E-state index contributed by atoms with van der Waals surface area (Å²) < 4.78 is 27.9. The molecule has 0 saturated heterocycles. The predicted octanol–water partition coefficient (Wildman–Crippen LogP) is 5.01. The maximum atomic E-state index is 13.4. The maximum absolute atomic E-state index is 13.4. The van der Waals surface area contributed by atoms with Crippen LogP contribution in [-0.4, -0.2) is 34.0 Å². The number of benzene rings is 3. The number of carbonyl (C=O) groups excluding carboxylic acids is 1. The van der Waals surface area contributed by atoms with E-state index in [9.17, 15) is 13.2 Å². The van der Waals surface area contributed by atoms with Gasteiger partial charge in [-0.3, -0.25) is 9.10 Å². The predicted molar refractivity (Wildman–Crippen MR) is 139 cm³/mol. The number of aryl methyl sites for hydroxylation is 1. The van der Waals surface area contributed by atoms with Crippen molar-refractivity contribution in [3.05, 3.63) is 88.9 Å². The van der Waals surface area contributed by atoms with Crippen LogP contribution in [0.3, 0.4) is 0 Å². The van der Waals surface area contributed by atoms with E-state index >= 15 is 0 Å². The van der Waals surface area contributed by atoms with Crippen LogP contribution in [0.25, 0.3) is 0 Å². The standard InChI is InChI=1S/C26H30ClN3O3S/c1-4-29(5-2)23-14-8-21(9-15-23)18-28-26(31)19-30(24-12-6-20(3)7-13-24)34(32,33)25-16-10-22(27)11-17-25/h6-17H,4-5,18-19H2,1-3H3,(H,28,31). The summed E-state index contributed by atoms with van der Waals surface area (Å²) in [5.41, 5.74) is 3.47. The Labute approximate surface area is 207 Å². The van der Waals surface area contributed by atoms with Crippen LogP contribution in [0.15, 0.2) is 77.7 Å². The van der Waals surface area contributed by atoms with Crippen molar-refractivity contribution in [3.8, 4) is 0 Å². The zero-order valence-corrected chi connectivity index (χ0v) is 21.2. The molecule has 0 radical (unpaired) electrons. The highest BCUT2D eigenvalue weighted by Crippen LogP contribution is 2.25. The minimum absolute atomic E-state index is 0.0669. The highest BCUT2D eigenvalue weighted by Gasteiger charge is 2.27. The highest BCUT2D eigenvalue weighted by molar-refractivity contribution is 7.92. The molecule has 0 fully saturated rings. The van der Waals surface area contributed by atoms with Crippen molar-refractivity contribution in [3.63, 3.8) is 0 Å². The summed E-state index contributed by atoms with van der Waals surface area (Å²) in [6, 6.07) is 20.9. The van der Waals surface area contributed by atoms with Gasteiger partial charge in [0.1, 0.15) is 6.54 Å². The van der Waals surface area contributed by atoms with Crippen molar-refractivity contribution in [2.45, 2.75) is 32.2 Å². The molecule has 34 heavy (non-hydrogen) atoms. The van der Waals surface area contributed by atoms with Gasteiger partial charge in [0.05, 0.1) is 10.6 Å². The Kier molecular flexibility index (Phi) is 8.58. The van der Waals surface area contributed by atoms with E-state index in [0.29, 0.717) is 17.3 Å². The number of nitrogens with one attached hydrogen (secondary N) is 1. The van der Waals surface area contributed by atoms with E-state index in [1.54, 1.807) is 12.1 Å². The number of rotatable bonds is 10. The number of hydrogen-bond donors (Lipinski definition) is 1. The zero-order valence-electron chi connectivity index (χ0n) is 19.7. The van der Waals surface area contributed by atoms with Gasteiger partial charge in [-0.1, -0.05) is 41.4 Å². The Bertz CT molecular complexity index is 1190. The Morgan fingerprint density at radius 3 is 1.97 bits per heavy atom. The van der Waals surface area contributed by atoms with Crippen LogP contribution in [0, 0.1) is 6.92 Å². The summed E-state index contributed by atoms with van der Waals surface area (Å²) in [5, 5.41) is 3.28. The van der Waals surface area contributed by atoms with Gasteiger partial charge in [0, 0.05) is 30.3 Å². The first kappa shape index (κ1) is 25.6. The van der Waals surface area contributed by atoms with E-state index in [2.05, 4.69) is 24.1 Å². The van der Waals surface area contributed by atoms with E-state index in [0.717, 1.165) is 34.2 Å². The van der Waals surface area contributed by atoms with Crippen molar-refractivity contribution in [1.82, 2.24) is 5.32 Å². The van der Waals surface area contributed by atoms with Gasteiger partial charge in [-0.2, -0.15) is 0 Å². The SMILES string of the molecule is CCN(CC)c1ccc(CNC(=O)CN(c2ccc(C)cc2)S(=O)(=O)c2ccc(Cl)cc2)cc1. The van der Waals surface area contributed by atoms with Crippen molar-refractivity contribution in [1.29, 1.82) is 0 Å². The molecule has 0 saturated carbocycles. The zero-order chi connectivity index (χ0) is 24.7. The van der Waals surface area contributed by atoms with Crippen LogP contribution in [-0.2, 0) is 21.4 Å². The summed E-state index contributed by atoms with van der Waals surface area (Å²) in [7, 11) is -3.97. The van der Waals surface area contributed by atoms with Gasteiger partial charge >= 0.3 is 0 Å². The van der Waals surface area contributed by atoms with E-state index in [1.807, 2.05) is 43.3 Å². The second kappa shape index (κ2) is 11.4. The first-order valence-electron chi connectivity index (χ1n) is 11.2. The first-order chi connectivity index (χ1) is 16.2. The smallest absolute Gasteiger partial charge is 0.264 e. The topological polar surface area (TPSA) is 69.7 Å². The van der Waals surface area contributed by atoms with Gasteiger partial charge < -0.3 is 10.2 Å². The van der Waals surface area contributed by atoms with Crippen LogP contribution in [0.2, 0.25) is 5.02 Å². The number of carbonyl (C=O) groups is 1. The Morgan fingerprint density at radius 1 is 0.853 bits per heavy atom. The van der Waals surface area contributed by atoms with Crippen molar-refractivity contribution in [2.24, 2.45) is 0 Å². The molecule has 8 heteroatoms. The van der Waals surface area contributed by atoms with Gasteiger partial charge in [-0.25, -0.2) is 8.42 Å². The van der Waals surface area contributed by atoms with E-state index < -0.39 is 15.9 Å².